The number of hydrogen-bond donors (Lipinski definition) is 1. The van der Waals surface area contributed by atoms with Crippen LogP contribution in [0.5, 0.6) is 0 Å². The summed E-state index contributed by atoms with van der Waals surface area (Å²) in [6, 6.07) is -0.311. The topological polar surface area (TPSA) is 41.6 Å². The molecule has 0 aromatic heterocycles. The third kappa shape index (κ3) is 2.20. The van der Waals surface area contributed by atoms with Crippen molar-refractivity contribution in [3.8, 4) is 0 Å². The van der Waals surface area contributed by atoms with E-state index in [4.69, 9.17) is 4.74 Å². The first-order valence-corrected chi connectivity index (χ1v) is 5.79. The summed E-state index contributed by atoms with van der Waals surface area (Å²) in [4.78, 5) is 13.2. The van der Waals surface area contributed by atoms with E-state index in [9.17, 15) is 9.18 Å². The van der Waals surface area contributed by atoms with Crippen molar-refractivity contribution in [1.82, 2.24) is 10.2 Å². The Morgan fingerprint density at radius 2 is 2.41 bits per heavy atom. The highest BCUT2D eigenvalue weighted by atomic mass is 19.1. The van der Waals surface area contributed by atoms with Gasteiger partial charge in [-0.15, -0.1) is 0 Å². The lowest BCUT2D eigenvalue weighted by Crippen LogP contribution is -2.45. The summed E-state index contributed by atoms with van der Waals surface area (Å²) in [7, 11) is 0. The number of ether oxygens (including phenoxy) is 1. The smallest absolute Gasteiger partial charge is 0.327 e. The van der Waals surface area contributed by atoms with Gasteiger partial charge in [0.15, 0.2) is 0 Å². The second kappa shape index (κ2) is 4.49. The van der Waals surface area contributed by atoms with Crippen LogP contribution < -0.4 is 5.32 Å². The van der Waals surface area contributed by atoms with Crippen LogP contribution in [0.2, 0.25) is 0 Å². The molecule has 1 fully saturated rings. The quantitative estimate of drug-likeness (QED) is 0.804. The first-order chi connectivity index (χ1) is 8.02. The van der Waals surface area contributed by atoms with E-state index in [1.54, 1.807) is 6.20 Å². The Labute approximate surface area is 100 Å². The lowest BCUT2D eigenvalue weighted by molar-refractivity contribution is -0.0253. The minimum absolute atomic E-state index is 0.224. The number of nitrogens with zero attached hydrogens (tertiary/aromatic N) is 1. The zero-order valence-corrected chi connectivity index (χ0v) is 10.1. The summed E-state index contributed by atoms with van der Waals surface area (Å²) in [5, 5.41) is 2.63. The molecule has 2 heterocycles. The second-order valence-electron chi connectivity index (χ2n) is 4.42. The lowest BCUT2D eigenvalue weighted by Gasteiger charge is -2.30. The van der Waals surface area contributed by atoms with E-state index >= 15 is 0 Å². The molecule has 2 aliphatic heterocycles. The third-order valence-electron chi connectivity index (χ3n) is 3.18. The van der Waals surface area contributed by atoms with E-state index in [2.05, 4.69) is 11.9 Å². The number of carbonyl (C=O) groups excluding carboxylic acids is 1. The van der Waals surface area contributed by atoms with Crippen LogP contribution in [-0.2, 0) is 4.74 Å². The molecule has 94 valence electrons. The molecule has 1 saturated heterocycles. The van der Waals surface area contributed by atoms with Gasteiger partial charge in [0.1, 0.15) is 12.4 Å². The molecule has 2 rings (SSSR count). The van der Waals surface area contributed by atoms with Gasteiger partial charge in [-0.25, -0.2) is 9.18 Å². The number of rotatable bonds is 2. The van der Waals surface area contributed by atoms with Crippen LogP contribution in [0.4, 0.5) is 9.18 Å². The number of urea groups is 1. The number of nitrogens with one attached hydrogen (secondary N) is 1. The fraction of sp³-hybridized carbons (Fsp3) is 0.583. The van der Waals surface area contributed by atoms with Gasteiger partial charge in [0.25, 0.3) is 0 Å². The van der Waals surface area contributed by atoms with Gasteiger partial charge in [0.2, 0.25) is 0 Å². The number of halogens is 1. The number of allylic oxidation sites excluding steroid dienone is 1. The molecule has 0 radical (unpaired) electrons. The third-order valence-corrected chi connectivity index (χ3v) is 3.18. The number of amides is 2. The van der Waals surface area contributed by atoms with Crippen molar-refractivity contribution in [3.63, 3.8) is 0 Å². The SMILES string of the molecule is C=C1NC(=O)N([C@H]2CC(F)[C@@H](CC)O2)C=C1C. The Morgan fingerprint density at radius 1 is 1.71 bits per heavy atom. The van der Waals surface area contributed by atoms with Crippen LogP contribution in [0.1, 0.15) is 26.7 Å². The molecule has 0 aromatic carbocycles. The number of alkyl halides is 1. The lowest BCUT2D eigenvalue weighted by atomic mass is 10.1. The average molecular weight is 240 g/mol. The van der Waals surface area contributed by atoms with E-state index in [-0.39, 0.29) is 12.5 Å². The predicted octanol–water partition coefficient (Wildman–Crippen LogP) is 2.29. The van der Waals surface area contributed by atoms with Crippen LogP contribution >= 0.6 is 0 Å². The van der Waals surface area contributed by atoms with Gasteiger partial charge in [0.05, 0.1) is 6.10 Å². The van der Waals surface area contributed by atoms with Gasteiger partial charge in [-0.05, 0) is 18.9 Å². The Bertz CT molecular complexity index is 381. The predicted molar refractivity (Wildman–Crippen MR) is 61.7 cm³/mol. The highest BCUT2D eigenvalue weighted by molar-refractivity contribution is 5.80. The zero-order chi connectivity index (χ0) is 12.6. The Hall–Kier alpha value is -1.36. The van der Waals surface area contributed by atoms with Crippen LogP contribution in [0.15, 0.2) is 24.0 Å². The fourth-order valence-electron chi connectivity index (χ4n) is 2.07. The molecule has 0 spiro atoms. The molecule has 0 saturated carbocycles. The van der Waals surface area contributed by atoms with E-state index in [0.29, 0.717) is 12.1 Å². The Balaban J connectivity index is 2.13. The summed E-state index contributed by atoms with van der Waals surface area (Å²) >= 11 is 0. The van der Waals surface area contributed by atoms with Gasteiger partial charge in [-0.1, -0.05) is 13.5 Å². The van der Waals surface area contributed by atoms with Gasteiger partial charge < -0.3 is 10.1 Å². The van der Waals surface area contributed by atoms with Crippen molar-refractivity contribution in [2.75, 3.05) is 0 Å². The summed E-state index contributed by atoms with van der Waals surface area (Å²) in [6.45, 7) is 7.43. The van der Waals surface area contributed by atoms with Crippen molar-refractivity contribution in [2.24, 2.45) is 0 Å². The van der Waals surface area contributed by atoms with Crippen molar-refractivity contribution in [2.45, 2.75) is 45.2 Å². The Morgan fingerprint density at radius 3 is 3.00 bits per heavy atom. The van der Waals surface area contributed by atoms with Crippen LogP contribution in [0, 0.1) is 0 Å². The van der Waals surface area contributed by atoms with E-state index in [0.717, 1.165) is 5.57 Å². The maximum Gasteiger partial charge on any atom is 0.327 e. The standard InChI is InChI=1S/C12H17FN2O2/c1-4-10-9(13)5-11(17-10)15-6-7(2)8(3)14-12(15)16/h6,9-11H,3-5H2,1-2H3,(H,14,16)/t9?,10-,11-/m1/s1. The van der Waals surface area contributed by atoms with Gasteiger partial charge in [0, 0.05) is 18.3 Å². The zero-order valence-electron chi connectivity index (χ0n) is 10.1. The molecule has 1 N–H and O–H groups in total. The molecule has 2 amide bonds. The molecular formula is C12H17FN2O2. The first kappa shape index (κ1) is 12.1. The van der Waals surface area contributed by atoms with Crippen molar-refractivity contribution in [1.29, 1.82) is 0 Å². The maximum absolute atomic E-state index is 13.6. The molecule has 0 aromatic rings. The minimum atomic E-state index is -1.00. The van der Waals surface area contributed by atoms with Crippen LogP contribution in [-0.4, -0.2) is 29.4 Å². The number of hydrogen-bond acceptors (Lipinski definition) is 2. The van der Waals surface area contributed by atoms with Crippen LogP contribution in [0.25, 0.3) is 0 Å². The monoisotopic (exact) mass is 240 g/mol. The van der Waals surface area contributed by atoms with Crippen molar-refractivity contribution >= 4 is 6.03 Å². The molecule has 0 aliphatic carbocycles. The summed E-state index contributed by atoms with van der Waals surface area (Å²) in [5.41, 5.74) is 1.43. The highest BCUT2D eigenvalue weighted by Crippen LogP contribution is 2.29. The first-order valence-electron chi connectivity index (χ1n) is 5.79. The molecule has 17 heavy (non-hydrogen) atoms. The van der Waals surface area contributed by atoms with Gasteiger partial charge in [-0.3, -0.25) is 4.90 Å². The fourth-order valence-corrected chi connectivity index (χ4v) is 2.07. The van der Waals surface area contributed by atoms with Crippen molar-refractivity contribution < 1.29 is 13.9 Å². The maximum atomic E-state index is 13.6. The summed E-state index contributed by atoms with van der Waals surface area (Å²) in [6.07, 6.45) is 0.572. The Kier molecular flexibility index (Phi) is 3.19. The molecule has 4 nitrogen and oxygen atoms in total. The molecule has 2 aliphatic rings. The second-order valence-corrected chi connectivity index (χ2v) is 4.42. The highest BCUT2D eigenvalue weighted by Gasteiger charge is 2.39. The molecule has 0 bridgehead atoms. The average Bonchev–Trinajstić information content (AvgIpc) is 2.65. The van der Waals surface area contributed by atoms with Gasteiger partial charge >= 0.3 is 6.03 Å². The van der Waals surface area contributed by atoms with Crippen LogP contribution in [0.3, 0.4) is 0 Å². The minimum Gasteiger partial charge on any atom is -0.352 e. The van der Waals surface area contributed by atoms with E-state index < -0.39 is 18.5 Å². The summed E-state index contributed by atoms with van der Waals surface area (Å²) in [5.74, 6) is 0. The van der Waals surface area contributed by atoms with E-state index in [1.165, 1.54) is 4.90 Å². The molecule has 1 unspecified atom stereocenters. The summed E-state index contributed by atoms with van der Waals surface area (Å²) < 4.78 is 19.1. The molecule has 3 atom stereocenters. The molecular weight excluding hydrogens is 223 g/mol. The largest absolute Gasteiger partial charge is 0.352 e. The van der Waals surface area contributed by atoms with Crippen molar-refractivity contribution in [3.05, 3.63) is 24.0 Å². The van der Waals surface area contributed by atoms with E-state index in [1.807, 2.05) is 13.8 Å². The molecule has 5 heteroatoms. The number of carbonyl (C=O) groups is 1. The normalized spacial score (nSPS) is 33.7. The van der Waals surface area contributed by atoms with Gasteiger partial charge in [-0.2, -0.15) is 0 Å².